The molecule has 0 amide bonds. The highest BCUT2D eigenvalue weighted by Gasteiger charge is 2.19. The van der Waals surface area contributed by atoms with Crippen molar-refractivity contribution in [3.63, 3.8) is 0 Å². The molecule has 1 aromatic rings. The van der Waals surface area contributed by atoms with Gasteiger partial charge in [-0.05, 0) is 19.4 Å². The van der Waals surface area contributed by atoms with Gasteiger partial charge in [-0.15, -0.1) is 0 Å². The fourth-order valence-corrected chi connectivity index (χ4v) is 1.44. The second-order valence-electron chi connectivity index (χ2n) is 3.59. The maximum Gasteiger partial charge on any atom is 0.276 e. The zero-order valence-corrected chi connectivity index (χ0v) is 9.14. The van der Waals surface area contributed by atoms with Crippen molar-refractivity contribution in [2.45, 2.75) is 19.4 Å². The molecule has 0 heterocycles. The molecule has 0 aliphatic rings. The molecule has 0 bridgehead atoms. The van der Waals surface area contributed by atoms with Gasteiger partial charge in [-0.2, -0.15) is 0 Å². The molecule has 1 unspecified atom stereocenters. The lowest BCUT2D eigenvalue weighted by atomic mass is 10.0. The van der Waals surface area contributed by atoms with Crippen molar-refractivity contribution in [3.05, 3.63) is 27.8 Å². The molecule has 1 atom stereocenters. The van der Waals surface area contributed by atoms with Gasteiger partial charge in [-0.3, -0.25) is 10.1 Å². The summed E-state index contributed by atoms with van der Waals surface area (Å²) < 4.78 is 4.81. The average Bonchev–Trinajstić information content (AvgIpc) is 2.16. The minimum Gasteiger partial charge on any atom is -0.504 e. The van der Waals surface area contributed by atoms with E-state index in [0.29, 0.717) is 12.0 Å². The van der Waals surface area contributed by atoms with Crippen LogP contribution in [0.4, 0.5) is 5.69 Å². The summed E-state index contributed by atoms with van der Waals surface area (Å²) in [4.78, 5) is 10.3. The molecule has 0 aliphatic carbocycles. The molecule has 6 heteroatoms. The van der Waals surface area contributed by atoms with Gasteiger partial charge in [0.15, 0.2) is 11.5 Å². The quantitative estimate of drug-likeness (QED) is 0.593. The number of nitro groups is 1. The normalized spacial score (nSPS) is 12.2. The maximum atomic E-state index is 10.8. The Labute approximate surface area is 92.8 Å². The number of benzene rings is 1. The molecule has 1 rings (SSSR count). The summed E-state index contributed by atoms with van der Waals surface area (Å²) in [5, 5.41) is 20.3. The Bertz CT molecular complexity index is 404. The van der Waals surface area contributed by atoms with Crippen LogP contribution >= 0.6 is 0 Å². The molecule has 1 aromatic carbocycles. The van der Waals surface area contributed by atoms with E-state index in [9.17, 15) is 15.2 Å². The summed E-state index contributed by atoms with van der Waals surface area (Å²) in [7, 11) is 1.34. The summed E-state index contributed by atoms with van der Waals surface area (Å²) >= 11 is 0. The zero-order chi connectivity index (χ0) is 12.3. The molecule has 0 radical (unpaired) electrons. The fraction of sp³-hybridized carbons (Fsp3) is 0.400. The van der Waals surface area contributed by atoms with E-state index in [2.05, 4.69) is 0 Å². The maximum absolute atomic E-state index is 10.8. The van der Waals surface area contributed by atoms with Crippen molar-refractivity contribution in [2.75, 3.05) is 7.11 Å². The topological polar surface area (TPSA) is 98.6 Å². The van der Waals surface area contributed by atoms with Crippen molar-refractivity contribution < 1.29 is 14.8 Å². The Balaban J connectivity index is 3.24. The predicted molar refractivity (Wildman–Crippen MR) is 58.7 cm³/mol. The van der Waals surface area contributed by atoms with Gasteiger partial charge >= 0.3 is 0 Å². The molecule has 3 N–H and O–H groups in total. The summed E-state index contributed by atoms with van der Waals surface area (Å²) in [5.41, 5.74) is 5.89. The van der Waals surface area contributed by atoms with Gasteiger partial charge in [0.25, 0.3) is 5.69 Å². The van der Waals surface area contributed by atoms with Crippen LogP contribution in [0.1, 0.15) is 12.5 Å². The second-order valence-corrected chi connectivity index (χ2v) is 3.59. The lowest BCUT2D eigenvalue weighted by molar-refractivity contribution is -0.385. The fourth-order valence-electron chi connectivity index (χ4n) is 1.44. The monoisotopic (exact) mass is 226 g/mol. The standard InChI is InChI=1S/C10H14N2O4/c1-6(11)3-7-4-9(13)10(16-2)5-8(7)12(14)15/h4-6,13H,3,11H2,1-2H3. The number of rotatable bonds is 4. The average molecular weight is 226 g/mol. The number of phenolic OH excluding ortho intramolecular Hbond substituents is 1. The van der Waals surface area contributed by atoms with Gasteiger partial charge < -0.3 is 15.6 Å². The highest BCUT2D eigenvalue weighted by atomic mass is 16.6. The number of nitro benzene ring substituents is 1. The summed E-state index contributed by atoms with van der Waals surface area (Å²) in [6.45, 7) is 1.74. The first kappa shape index (κ1) is 12.3. The predicted octanol–water partition coefficient (Wildman–Crippen LogP) is 1.20. The first-order valence-electron chi connectivity index (χ1n) is 4.75. The van der Waals surface area contributed by atoms with E-state index in [1.807, 2.05) is 0 Å². The molecule has 0 saturated heterocycles. The van der Waals surface area contributed by atoms with Crippen molar-refractivity contribution >= 4 is 5.69 Å². The number of hydrogen-bond acceptors (Lipinski definition) is 5. The molecule has 0 fully saturated rings. The molecule has 0 aliphatic heterocycles. The van der Waals surface area contributed by atoms with Gasteiger partial charge in [-0.25, -0.2) is 0 Å². The summed E-state index contributed by atoms with van der Waals surface area (Å²) in [6, 6.07) is 2.30. The van der Waals surface area contributed by atoms with Crippen molar-refractivity contribution in [1.82, 2.24) is 0 Å². The van der Waals surface area contributed by atoms with E-state index in [-0.39, 0.29) is 23.2 Å². The Kier molecular flexibility index (Phi) is 3.68. The van der Waals surface area contributed by atoms with Crippen LogP contribution < -0.4 is 10.5 Å². The van der Waals surface area contributed by atoms with E-state index < -0.39 is 4.92 Å². The van der Waals surface area contributed by atoms with Crippen LogP contribution in [-0.4, -0.2) is 23.2 Å². The van der Waals surface area contributed by atoms with Crippen LogP contribution in [0.3, 0.4) is 0 Å². The SMILES string of the molecule is COc1cc([N+](=O)[O-])c(CC(C)N)cc1O. The highest BCUT2D eigenvalue weighted by molar-refractivity contribution is 5.53. The van der Waals surface area contributed by atoms with E-state index in [0.717, 1.165) is 0 Å². The summed E-state index contributed by atoms with van der Waals surface area (Å²) in [5.74, 6) is -0.0381. The van der Waals surface area contributed by atoms with E-state index in [4.69, 9.17) is 10.5 Å². The van der Waals surface area contributed by atoms with Gasteiger partial charge in [0.05, 0.1) is 18.1 Å². The highest BCUT2D eigenvalue weighted by Crippen LogP contribution is 2.33. The van der Waals surface area contributed by atoms with Crippen LogP contribution in [0.15, 0.2) is 12.1 Å². The van der Waals surface area contributed by atoms with Crippen LogP contribution in [0, 0.1) is 10.1 Å². The lowest BCUT2D eigenvalue weighted by Crippen LogP contribution is -2.18. The number of ether oxygens (including phenoxy) is 1. The number of methoxy groups -OCH3 is 1. The zero-order valence-electron chi connectivity index (χ0n) is 9.14. The molecular formula is C10H14N2O4. The lowest BCUT2D eigenvalue weighted by Gasteiger charge is -2.09. The third-order valence-corrected chi connectivity index (χ3v) is 2.12. The largest absolute Gasteiger partial charge is 0.504 e. The van der Waals surface area contributed by atoms with Crippen LogP contribution in [-0.2, 0) is 6.42 Å². The molecule has 0 spiro atoms. The Hall–Kier alpha value is -1.82. The number of hydrogen-bond donors (Lipinski definition) is 2. The third-order valence-electron chi connectivity index (χ3n) is 2.12. The first-order chi connectivity index (χ1) is 7.45. The first-order valence-corrected chi connectivity index (χ1v) is 4.75. The Morgan fingerprint density at radius 1 is 1.62 bits per heavy atom. The van der Waals surface area contributed by atoms with Crippen molar-refractivity contribution in [1.29, 1.82) is 0 Å². The van der Waals surface area contributed by atoms with Gasteiger partial charge in [0.1, 0.15) is 0 Å². The van der Waals surface area contributed by atoms with E-state index in [1.165, 1.54) is 19.2 Å². The van der Waals surface area contributed by atoms with Crippen molar-refractivity contribution in [3.8, 4) is 11.5 Å². The number of aromatic hydroxyl groups is 1. The van der Waals surface area contributed by atoms with E-state index >= 15 is 0 Å². The number of nitrogens with zero attached hydrogens (tertiary/aromatic N) is 1. The van der Waals surface area contributed by atoms with Crippen molar-refractivity contribution in [2.24, 2.45) is 5.73 Å². The van der Waals surface area contributed by atoms with Gasteiger partial charge in [0, 0.05) is 11.6 Å². The molecule has 0 saturated carbocycles. The number of nitrogens with two attached hydrogens (primary N) is 1. The molecule has 88 valence electrons. The van der Waals surface area contributed by atoms with Crippen LogP contribution in [0.25, 0.3) is 0 Å². The molecule has 6 nitrogen and oxygen atoms in total. The third kappa shape index (κ3) is 2.60. The molecular weight excluding hydrogens is 212 g/mol. The minimum absolute atomic E-state index is 0.0834. The smallest absolute Gasteiger partial charge is 0.276 e. The van der Waals surface area contributed by atoms with Gasteiger partial charge in [0.2, 0.25) is 0 Å². The molecule has 0 aromatic heterocycles. The Morgan fingerprint density at radius 3 is 2.69 bits per heavy atom. The molecule has 16 heavy (non-hydrogen) atoms. The van der Waals surface area contributed by atoms with Crippen LogP contribution in [0.5, 0.6) is 11.5 Å². The minimum atomic E-state index is -0.514. The van der Waals surface area contributed by atoms with Gasteiger partial charge in [-0.1, -0.05) is 0 Å². The van der Waals surface area contributed by atoms with Crippen LogP contribution in [0.2, 0.25) is 0 Å². The Morgan fingerprint density at radius 2 is 2.25 bits per heavy atom. The second kappa shape index (κ2) is 4.80. The summed E-state index contributed by atoms with van der Waals surface area (Å²) in [6.07, 6.45) is 0.327. The van der Waals surface area contributed by atoms with E-state index in [1.54, 1.807) is 6.92 Å². The number of phenols is 1.